The number of alkyl halides is 3. The van der Waals surface area contributed by atoms with Crippen LogP contribution in [-0.4, -0.2) is 36.8 Å². The van der Waals surface area contributed by atoms with E-state index in [9.17, 15) is 22.8 Å². The first-order valence-corrected chi connectivity index (χ1v) is 11.2. The van der Waals surface area contributed by atoms with Gasteiger partial charge >= 0.3 is 18.1 Å². The van der Waals surface area contributed by atoms with Gasteiger partial charge in [-0.3, -0.25) is 18.5 Å². The van der Waals surface area contributed by atoms with Crippen molar-refractivity contribution in [2.75, 3.05) is 6.61 Å². The molecule has 0 fully saturated rings. The predicted molar refractivity (Wildman–Crippen MR) is 129 cm³/mol. The number of aromatic nitrogens is 4. The highest BCUT2D eigenvalue weighted by atomic mass is 19.4. The van der Waals surface area contributed by atoms with Crippen molar-refractivity contribution >= 4 is 11.2 Å². The van der Waals surface area contributed by atoms with Crippen LogP contribution in [0.1, 0.15) is 19.8 Å². The Bertz CT molecular complexity index is 1490. The molecule has 0 saturated heterocycles. The third kappa shape index (κ3) is 6.47. The van der Waals surface area contributed by atoms with Crippen molar-refractivity contribution in [1.82, 2.24) is 18.7 Å². The maximum atomic E-state index is 13.3. The molecular weight excluding hydrogens is 495 g/mol. The molecule has 3 rings (SSSR count). The molecule has 0 atom stereocenters. The topological polar surface area (TPSA) is 127 Å². The van der Waals surface area contributed by atoms with E-state index in [0.29, 0.717) is 12.0 Å². The van der Waals surface area contributed by atoms with E-state index in [-0.39, 0.29) is 49.0 Å². The molecule has 0 radical (unpaired) electrons. The quantitative estimate of drug-likeness (QED) is 0.230. The number of fused-ring (bicyclic) bond motifs is 1. The average Bonchev–Trinajstić information content (AvgIpc) is 3.20. The van der Waals surface area contributed by atoms with Crippen LogP contribution in [0.25, 0.3) is 11.2 Å². The second-order valence-electron chi connectivity index (χ2n) is 7.79. The lowest BCUT2D eigenvalue weighted by molar-refractivity contribution is -0.274. The van der Waals surface area contributed by atoms with Crippen LogP contribution in [-0.2, 0) is 20.1 Å². The summed E-state index contributed by atoms with van der Waals surface area (Å²) in [6.45, 7) is 1.93. The number of nitrogens with zero attached hydrogens (tertiary/aromatic N) is 5. The number of allylic oxidation sites excluding steroid dienone is 4. The van der Waals surface area contributed by atoms with Crippen molar-refractivity contribution in [1.29, 1.82) is 5.26 Å². The minimum atomic E-state index is -4.89. The standard InChI is InChI=1S/C24H24F3N5O5/c1-3-16(15-28)8-4-5-11-31-19-20(30(2)23(35)32(21(19)34)12-7-13-33)29-22(31)36-17-9-6-10-18(14-17)37-24(25,26)27/h3-4,6,8-10,14,33H,5,7,11-13H2,1-2H3/p+1/b8-4-,16-3+. The first kappa shape index (κ1) is 27.3. The van der Waals surface area contributed by atoms with Crippen molar-refractivity contribution in [3.8, 4) is 23.6 Å². The Balaban J connectivity index is 2.11. The molecule has 37 heavy (non-hydrogen) atoms. The van der Waals surface area contributed by atoms with Gasteiger partial charge in [-0.15, -0.1) is 13.2 Å². The summed E-state index contributed by atoms with van der Waals surface area (Å²) in [4.78, 5) is 30.4. The van der Waals surface area contributed by atoms with Crippen LogP contribution < -0.4 is 20.7 Å². The highest BCUT2D eigenvalue weighted by Crippen LogP contribution is 2.30. The van der Waals surface area contributed by atoms with Gasteiger partial charge in [-0.1, -0.05) is 18.2 Å². The van der Waals surface area contributed by atoms with Crippen LogP contribution in [0.5, 0.6) is 17.5 Å². The Kier molecular flexibility index (Phi) is 8.56. The number of nitriles is 1. The smallest absolute Gasteiger partial charge is 0.445 e. The summed E-state index contributed by atoms with van der Waals surface area (Å²) in [5.74, 6) is -0.537. The zero-order valence-corrected chi connectivity index (χ0v) is 20.1. The van der Waals surface area contributed by atoms with Crippen LogP contribution in [0.15, 0.2) is 57.7 Å². The predicted octanol–water partition coefficient (Wildman–Crippen LogP) is 3.12. The van der Waals surface area contributed by atoms with E-state index in [1.54, 1.807) is 25.2 Å². The number of halogens is 3. The molecule has 1 aromatic carbocycles. The molecule has 196 valence electrons. The van der Waals surface area contributed by atoms with E-state index in [1.165, 1.54) is 28.3 Å². The molecule has 2 aromatic heterocycles. The fourth-order valence-electron chi connectivity index (χ4n) is 3.52. The third-order valence-corrected chi connectivity index (χ3v) is 5.26. The minimum Gasteiger partial charge on any atom is -0.445 e. The number of aryl methyl sites for hydroxylation is 2. The van der Waals surface area contributed by atoms with Gasteiger partial charge in [-0.2, -0.15) is 10.2 Å². The normalized spacial score (nSPS) is 12.3. The number of hydrogen-bond acceptors (Lipinski definition) is 6. The summed E-state index contributed by atoms with van der Waals surface area (Å²) < 4.78 is 51.3. The molecule has 0 aliphatic rings. The van der Waals surface area contributed by atoms with E-state index < -0.39 is 23.4 Å². The molecule has 2 heterocycles. The number of benzene rings is 1. The van der Waals surface area contributed by atoms with E-state index in [4.69, 9.17) is 15.1 Å². The van der Waals surface area contributed by atoms with Crippen molar-refractivity contribution < 1.29 is 27.8 Å². The van der Waals surface area contributed by atoms with Crippen LogP contribution >= 0.6 is 0 Å². The van der Waals surface area contributed by atoms with Crippen molar-refractivity contribution in [2.45, 2.75) is 39.2 Å². The van der Waals surface area contributed by atoms with Gasteiger partial charge in [0, 0.05) is 38.2 Å². The fraction of sp³-hybridized carbons (Fsp3) is 0.333. The highest BCUT2D eigenvalue weighted by molar-refractivity contribution is 5.72. The van der Waals surface area contributed by atoms with Gasteiger partial charge in [0.25, 0.3) is 5.56 Å². The molecule has 0 bridgehead atoms. The van der Waals surface area contributed by atoms with E-state index in [2.05, 4.69) is 9.72 Å². The maximum Gasteiger partial charge on any atom is 0.573 e. The van der Waals surface area contributed by atoms with Crippen molar-refractivity contribution in [3.63, 3.8) is 0 Å². The molecule has 10 nitrogen and oxygen atoms in total. The molecule has 0 spiro atoms. The van der Waals surface area contributed by atoms with E-state index in [0.717, 1.165) is 16.7 Å². The second kappa shape index (κ2) is 11.6. The summed E-state index contributed by atoms with van der Waals surface area (Å²) in [5.41, 5.74) is -0.712. The minimum absolute atomic E-state index is 0.0224. The Hall–Kier alpha value is -4.31. The number of ether oxygens (including phenoxy) is 2. The van der Waals surface area contributed by atoms with Gasteiger partial charge in [-0.05, 0) is 31.6 Å². The molecule has 0 saturated carbocycles. The van der Waals surface area contributed by atoms with Crippen LogP contribution in [0.3, 0.4) is 0 Å². The fourth-order valence-corrected chi connectivity index (χ4v) is 3.52. The molecule has 0 aliphatic heterocycles. The molecule has 13 heteroatoms. The van der Waals surface area contributed by atoms with Crippen LogP contribution in [0.2, 0.25) is 0 Å². The van der Waals surface area contributed by atoms with E-state index >= 15 is 0 Å². The van der Waals surface area contributed by atoms with Gasteiger partial charge in [0.2, 0.25) is 0 Å². The van der Waals surface area contributed by atoms with Crippen molar-refractivity contribution in [2.24, 2.45) is 7.05 Å². The SMILES string of the molecule is C/C=C(C#N)\C=C/CCn1c(Oc2cccc(OC(F)(F)F)c2)nc2c1c(=O)n(CCC[OH2+])c(=O)n2C. The zero-order chi connectivity index (χ0) is 27.2. The number of hydrogen-bond donors (Lipinski definition) is 0. The zero-order valence-electron chi connectivity index (χ0n) is 20.1. The Morgan fingerprint density at radius 2 is 1.95 bits per heavy atom. The van der Waals surface area contributed by atoms with Gasteiger partial charge in [0.15, 0.2) is 11.2 Å². The Morgan fingerprint density at radius 1 is 1.22 bits per heavy atom. The largest absolute Gasteiger partial charge is 0.573 e. The summed E-state index contributed by atoms with van der Waals surface area (Å²) in [6.07, 6.45) is 0.691. The van der Waals surface area contributed by atoms with Gasteiger partial charge < -0.3 is 14.6 Å². The van der Waals surface area contributed by atoms with Crippen LogP contribution in [0, 0.1) is 11.3 Å². The monoisotopic (exact) mass is 520 g/mol. The Labute approximate surface area is 208 Å². The highest BCUT2D eigenvalue weighted by Gasteiger charge is 2.31. The first-order chi connectivity index (χ1) is 17.6. The molecule has 3 aromatic rings. The lowest BCUT2D eigenvalue weighted by Crippen LogP contribution is -2.39. The number of rotatable bonds is 10. The summed E-state index contributed by atoms with van der Waals surface area (Å²) >= 11 is 0. The van der Waals surface area contributed by atoms with Gasteiger partial charge in [-0.25, -0.2) is 4.79 Å². The molecule has 2 N–H and O–H groups in total. The van der Waals surface area contributed by atoms with E-state index in [1.807, 2.05) is 6.07 Å². The summed E-state index contributed by atoms with van der Waals surface area (Å²) in [5, 5.41) is 16.4. The summed E-state index contributed by atoms with van der Waals surface area (Å²) in [7, 11) is 1.44. The number of imidazole rings is 1. The second-order valence-corrected chi connectivity index (χ2v) is 7.79. The average molecular weight is 520 g/mol. The van der Waals surface area contributed by atoms with Crippen LogP contribution in [0.4, 0.5) is 13.2 Å². The molecule has 0 amide bonds. The van der Waals surface area contributed by atoms with Gasteiger partial charge in [0.05, 0.1) is 6.07 Å². The maximum absolute atomic E-state index is 13.3. The van der Waals surface area contributed by atoms with Gasteiger partial charge in [0.1, 0.15) is 18.1 Å². The molecule has 0 aliphatic carbocycles. The molecular formula is C24H25F3N5O5+. The molecule has 0 unspecified atom stereocenters. The lowest BCUT2D eigenvalue weighted by Gasteiger charge is -2.12. The van der Waals surface area contributed by atoms with Crippen molar-refractivity contribution in [3.05, 3.63) is 68.9 Å². The third-order valence-electron chi connectivity index (χ3n) is 5.26. The lowest BCUT2D eigenvalue weighted by atomic mass is 10.2. The Morgan fingerprint density at radius 3 is 2.59 bits per heavy atom. The first-order valence-electron chi connectivity index (χ1n) is 11.2. The summed E-state index contributed by atoms with van der Waals surface area (Å²) in [6, 6.07) is 6.73.